The monoisotopic (exact) mass is 257 g/mol. The van der Waals surface area contributed by atoms with Gasteiger partial charge < -0.3 is 15.2 Å². The maximum atomic E-state index is 11.5. The van der Waals surface area contributed by atoms with E-state index in [2.05, 4.69) is 0 Å². The van der Waals surface area contributed by atoms with Crippen LogP contribution in [-0.2, 0) is 20.7 Å². The Morgan fingerprint density at radius 2 is 2.41 bits per heavy atom. The number of thiophene rings is 1. The van der Waals surface area contributed by atoms with Crippen molar-refractivity contribution in [3.8, 4) is 0 Å². The van der Waals surface area contributed by atoms with Gasteiger partial charge in [0.1, 0.15) is 0 Å². The fourth-order valence-electron chi connectivity index (χ4n) is 1.41. The predicted octanol–water partition coefficient (Wildman–Crippen LogP) is 1.59. The fourth-order valence-corrected chi connectivity index (χ4v) is 2.10. The molecule has 0 fully saturated rings. The first kappa shape index (κ1) is 14.2. The summed E-state index contributed by atoms with van der Waals surface area (Å²) in [6.45, 7) is 3.20. The summed E-state index contributed by atoms with van der Waals surface area (Å²) in [5, 5.41) is 2.01. The molecule has 0 spiro atoms. The number of hydrogen-bond acceptors (Lipinski definition) is 5. The van der Waals surface area contributed by atoms with Crippen LogP contribution in [0.1, 0.15) is 18.2 Å². The van der Waals surface area contributed by atoms with Gasteiger partial charge in [0.25, 0.3) is 0 Å². The number of carbonyl (C=O) groups is 1. The molecule has 1 unspecified atom stereocenters. The Kier molecular flexibility index (Phi) is 6.84. The average molecular weight is 257 g/mol. The van der Waals surface area contributed by atoms with Crippen LogP contribution < -0.4 is 5.73 Å². The van der Waals surface area contributed by atoms with E-state index in [1.807, 2.05) is 24.4 Å². The van der Waals surface area contributed by atoms with Crippen molar-refractivity contribution in [1.29, 1.82) is 0 Å². The van der Waals surface area contributed by atoms with Gasteiger partial charge in [0.15, 0.2) is 0 Å². The molecule has 1 aromatic rings. The van der Waals surface area contributed by atoms with Crippen LogP contribution in [0.5, 0.6) is 0 Å². The van der Waals surface area contributed by atoms with Gasteiger partial charge in [-0.05, 0) is 18.4 Å². The first-order valence-electron chi connectivity index (χ1n) is 5.76. The second-order valence-corrected chi connectivity index (χ2v) is 4.60. The molecule has 0 aliphatic carbocycles. The minimum Gasteiger partial charge on any atom is -0.465 e. The zero-order chi connectivity index (χ0) is 12.5. The lowest BCUT2D eigenvalue weighted by molar-refractivity contribution is -0.146. The highest BCUT2D eigenvalue weighted by Crippen LogP contribution is 2.09. The molecule has 17 heavy (non-hydrogen) atoms. The molecule has 0 amide bonds. The highest BCUT2D eigenvalue weighted by atomic mass is 32.1. The van der Waals surface area contributed by atoms with Crippen molar-refractivity contribution in [3.05, 3.63) is 22.4 Å². The minimum atomic E-state index is -0.245. The van der Waals surface area contributed by atoms with E-state index in [1.54, 1.807) is 11.3 Å². The fraction of sp³-hybridized carbons (Fsp3) is 0.583. The molecule has 0 saturated carbocycles. The molecule has 1 atom stereocenters. The van der Waals surface area contributed by atoms with E-state index >= 15 is 0 Å². The maximum Gasteiger partial charge on any atom is 0.308 e. The van der Waals surface area contributed by atoms with Gasteiger partial charge in [-0.2, -0.15) is 0 Å². The van der Waals surface area contributed by atoms with E-state index in [9.17, 15) is 4.79 Å². The van der Waals surface area contributed by atoms with Crippen molar-refractivity contribution in [3.63, 3.8) is 0 Å². The van der Waals surface area contributed by atoms with E-state index in [1.165, 1.54) is 4.88 Å². The summed E-state index contributed by atoms with van der Waals surface area (Å²) in [4.78, 5) is 12.7. The van der Waals surface area contributed by atoms with E-state index in [0.717, 1.165) is 6.42 Å². The largest absolute Gasteiger partial charge is 0.465 e. The predicted molar refractivity (Wildman–Crippen MR) is 68.1 cm³/mol. The second kappa shape index (κ2) is 8.22. The lowest BCUT2D eigenvalue weighted by Gasteiger charge is -2.13. The second-order valence-electron chi connectivity index (χ2n) is 3.57. The number of carbonyl (C=O) groups excluding carboxylic acids is 1. The molecule has 0 radical (unpaired) electrons. The number of nitrogens with two attached hydrogens (primary N) is 1. The molecule has 2 N–H and O–H groups in total. The van der Waals surface area contributed by atoms with Crippen molar-refractivity contribution < 1.29 is 14.3 Å². The highest BCUT2D eigenvalue weighted by molar-refractivity contribution is 7.09. The smallest absolute Gasteiger partial charge is 0.308 e. The summed E-state index contributed by atoms with van der Waals surface area (Å²) in [7, 11) is 0. The molecular weight excluding hydrogens is 238 g/mol. The lowest BCUT2D eigenvalue weighted by Crippen LogP contribution is -2.27. The minimum absolute atomic E-state index is 0.228. The Morgan fingerprint density at radius 1 is 1.59 bits per heavy atom. The van der Waals surface area contributed by atoms with Gasteiger partial charge >= 0.3 is 5.97 Å². The van der Waals surface area contributed by atoms with E-state index in [0.29, 0.717) is 19.8 Å². The summed E-state index contributed by atoms with van der Waals surface area (Å²) in [5.74, 6) is -0.245. The van der Waals surface area contributed by atoms with Crippen molar-refractivity contribution in [2.75, 3.05) is 19.8 Å². The van der Waals surface area contributed by atoms with Crippen molar-refractivity contribution >= 4 is 17.3 Å². The van der Waals surface area contributed by atoms with Crippen LogP contribution in [0.3, 0.4) is 0 Å². The Hall–Kier alpha value is -0.910. The molecule has 0 saturated heterocycles. The van der Waals surface area contributed by atoms with Crippen LogP contribution in [0.15, 0.2) is 17.5 Å². The van der Waals surface area contributed by atoms with Crippen LogP contribution in [0, 0.1) is 0 Å². The average Bonchev–Trinajstić information content (AvgIpc) is 2.81. The molecule has 0 aromatic carbocycles. The molecule has 96 valence electrons. The van der Waals surface area contributed by atoms with Gasteiger partial charge in [0.05, 0.1) is 19.1 Å². The molecule has 1 aromatic heterocycles. The van der Waals surface area contributed by atoms with Crippen LogP contribution in [0.2, 0.25) is 0 Å². The summed E-state index contributed by atoms with van der Waals surface area (Å²) >= 11 is 1.67. The van der Waals surface area contributed by atoms with Gasteiger partial charge in [-0.1, -0.05) is 6.07 Å². The topological polar surface area (TPSA) is 61.5 Å². The Labute approximate surface area is 106 Å². The molecular formula is C12H19NO3S. The number of ether oxygens (including phenoxy) is 2. The Morgan fingerprint density at radius 3 is 3.00 bits per heavy atom. The van der Waals surface area contributed by atoms with Gasteiger partial charge in [0.2, 0.25) is 0 Å². The van der Waals surface area contributed by atoms with Crippen LogP contribution in [0.4, 0.5) is 0 Å². The van der Waals surface area contributed by atoms with E-state index in [-0.39, 0.29) is 18.5 Å². The van der Waals surface area contributed by atoms with Crippen LogP contribution in [-0.4, -0.2) is 31.8 Å². The third-order valence-electron chi connectivity index (χ3n) is 2.25. The summed E-state index contributed by atoms with van der Waals surface area (Å²) in [5.41, 5.74) is 5.48. The molecule has 1 heterocycles. The third-order valence-corrected chi connectivity index (χ3v) is 3.19. The first-order chi connectivity index (χ1) is 8.26. The molecule has 0 aliphatic heterocycles. The lowest BCUT2D eigenvalue weighted by atomic mass is 10.2. The Bertz CT molecular complexity index is 314. The highest BCUT2D eigenvalue weighted by Gasteiger charge is 2.13. The van der Waals surface area contributed by atoms with Crippen molar-refractivity contribution in [2.24, 2.45) is 5.73 Å². The van der Waals surface area contributed by atoms with Gasteiger partial charge in [0, 0.05) is 24.4 Å². The third kappa shape index (κ3) is 5.81. The molecule has 4 nitrogen and oxygen atoms in total. The number of rotatable bonds is 8. The quantitative estimate of drug-likeness (QED) is 0.718. The number of esters is 1. The van der Waals surface area contributed by atoms with Crippen LogP contribution in [0.25, 0.3) is 0 Å². The zero-order valence-corrected chi connectivity index (χ0v) is 10.9. The summed E-state index contributed by atoms with van der Waals surface area (Å²) in [6, 6.07) is 4.02. The summed E-state index contributed by atoms with van der Waals surface area (Å²) in [6.07, 6.45) is 0.773. The van der Waals surface area contributed by atoms with Crippen molar-refractivity contribution in [2.45, 2.75) is 25.9 Å². The molecule has 0 bridgehead atoms. The van der Waals surface area contributed by atoms with Crippen LogP contribution >= 0.6 is 11.3 Å². The first-order valence-corrected chi connectivity index (χ1v) is 6.64. The van der Waals surface area contributed by atoms with E-state index < -0.39 is 0 Å². The molecule has 0 aliphatic rings. The summed E-state index contributed by atoms with van der Waals surface area (Å²) < 4.78 is 10.4. The zero-order valence-electron chi connectivity index (χ0n) is 10.1. The number of hydrogen-bond donors (Lipinski definition) is 1. The van der Waals surface area contributed by atoms with E-state index in [4.69, 9.17) is 15.2 Å². The van der Waals surface area contributed by atoms with Gasteiger partial charge in [-0.3, -0.25) is 4.79 Å². The normalized spacial score (nSPS) is 12.4. The Balaban J connectivity index is 2.16. The molecule has 1 rings (SSSR count). The standard InChI is InChI=1S/C12H19NO3S/c1-2-15-10(9-13)8-12(14)16-6-5-11-4-3-7-17-11/h3-4,7,10H,2,5-6,8-9,13H2,1H3. The van der Waals surface area contributed by atoms with Gasteiger partial charge in [-0.15, -0.1) is 11.3 Å². The van der Waals surface area contributed by atoms with Crippen molar-refractivity contribution in [1.82, 2.24) is 0 Å². The molecule has 5 heteroatoms. The SMILES string of the molecule is CCOC(CN)CC(=O)OCCc1cccs1. The van der Waals surface area contributed by atoms with Gasteiger partial charge in [-0.25, -0.2) is 0 Å². The maximum absolute atomic E-state index is 11.5.